The molecular weight excluding hydrogens is 558 g/mol. The highest BCUT2D eigenvalue weighted by Gasteiger charge is 2.42. The van der Waals surface area contributed by atoms with Gasteiger partial charge in [-0.15, -0.1) is 0 Å². The maximum absolute atomic E-state index is 13.4. The van der Waals surface area contributed by atoms with Crippen molar-refractivity contribution in [1.82, 2.24) is 24.9 Å². The zero-order valence-electron chi connectivity index (χ0n) is 24.8. The Kier molecular flexibility index (Phi) is 9.36. The maximum Gasteiger partial charge on any atom is 0.409 e. The highest BCUT2D eigenvalue weighted by molar-refractivity contribution is 7.91. The minimum Gasteiger partial charge on any atom is -0.453 e. The third kappa shape index (κ3) is 6.72. The molecule has 2 bridgehead atoms. The van der Waals surface area contributed by atoms with E-state index < -0.39 is 15.9 Å². The lowest BCUT2D eigenvalue weighted by Gasteiger charge is -2.40. The average Bonchev–Trinajstić information content (AvgIpc) is 3.19. The molecule has 0 saturated carbocycles. The number of benzene rings is 1. The lowest BCUT2D eigenvalue weighted by atomic mass is 9.85. The number of carbonyl (C=O) groups excluding carboxylic acids is 3. The number of ether oxygens (including phenoxy) is 1. The zero-order chi connectivity index (χ0) is 30.0. The van der Waals surface area contributed by atoms with Gasteiger partial charge in [-0.3, -0.25) is 24.3 Å². The van der Waals surface area contributed by atoms with Crippen molar-refractivity contribution in [2.24, 2.45) is 0 Å². The normalized spacial score (nSPS) is 27.3. The van der Waals surface area contributed by atoms with Crippen LogP contribution in [-0.4, -0.2) is 136 Å². The Bertz CT molecular complexity index is 1300. The predicted molar refractivity (Wildman–Crippen MR) is 160 cm³/mol. The molecule has 0 radical (unpaired) electrons. The predicted octanol–water partition coefficient (Wildman–Crippen LogP) is 1.17. The minimum absolute atomic E-state index is 0.0120. The summed E-state index contributed by atoms with van der Waals surface area (Å²) < 4.78 is 28.5. The van der Waals surface area contributed by atoms with Crippen molar-refractivity contribution >= 4 is 33.7 Å². The van der Waals surface area contributed by atoms with Crippen molar-refractivity contribution in [3.63, 3.8) is 0 Å². The summed E-state index contributed by atoms with van der Waals surface area (Å²) in [6, 6.07) is 7.82. The van der Waals surface area contributed by atoms with E-state index in [0.29, 0.717) is 51.4 Å². The van der Waals surface area contributed by atoms with E-state index in [-0.39, 0.29) is 40.9 Å². The lowest BCUT2D eigenvalue weighted by molar-refractivity contribution is -0.125. The Hall–Kier alpha value is -2.80. The Morgan fingerprint density at radius 1 is 1.02 bits per heavy atom. The van der Waals surface area contributed by atoms with Crippen molar-refractivity contribution in [2.45, 2.75) is 49.9 Å². The summed E-state index contributed by atoms with van der Waals surface area (Å²) in [4.78, 5) is 47.4. The Morgan fingerprint density at radius 3 is 2.31 bits per heavy atom. The number of carbonyl (C=O) groups is 3. The molecule has 0 spiro atoms. The molecule has 3 saturated heterocycles. The molecule has 3 heterocycles. The van der Waals surface area contributed by atoms with E-state index in [1.54, 1.807) is 11.0 Å². The number of hydrogen-bond acceptors (Lipinski definition) is 9. The van der Waals surface area contributed by atoms with Crippen molar-refractivity contribution in [2.75, 3.05) is 72.0 Å². The molecule has 2 amide bonds. The fourth-order valence-electron chi connectivity index (χ4n) is 7.01. The number of piperidine rings is 1. The van der Waals surface area contributed by atoms with E-state index >= 15 is 0 Å². The van der Waals surface area contributed by atoms with Crippen LogP contribution in [0.15, 0.2) is 29.8 Å². The van der Waals surface area contributed by atoms with Crippen LogP contribution in [0.25, 0.3) is 6.08 Å². The summed E-state index contributed by atoms with van der Waals surface area (Å²) in [7, 11) is 2.15. The molecule has 230 valence electrons. The number of fused-ring (bicyclic) bond motifs is 3. The van der Waals surface area contributed by atoms with E-state index in [2.05, 4.69) is 15.1 Å². The Labute approximate surface area is 248 Å². The number of Topliss-reactive ketones (excluding diaryl/α,β-unsaturated/α-hetero) is 1. The van der Waals surface area contributed by atoms with Crippen molar-refractivity contribution in [1.29, 1.82) is 0 Å². The first-order chi connectivity index (χ1) is 20.1. The van der Waals surface area contributed by atoms with Gasteiger partial charge < -0.3 is 15.0 Å². The lowest BCUT2D eigenvalue weighted by Crippen LogP contribution is -2.53. The molecule has 1 aliphatic carbocycles. The van der Waals surface area contributed by atoms with Crippen LogP contribution < -0.4 is 5.32 Å². The molecule has 1 N–H and O–H groups in total. The van der Waals surface area contributed by atoms with Crippen LogP contribution in [0.5, 0.6) is 0 Å². The van der Waals surface area contributed by atoms with Gasteiger partial charge in [-0.05, 0) is 57.0 Å². The fourth-order valence-corrected chi connectivity index (χ4v) is 8.29. The monoisotopic (exact) mass is 601 g/mol. The molecule has 5 rings (SSSR count). The van der Waals surface area contributed by atoms with Gasteiger partial charge in [0, 0.05) is 57.4 Å². The summed E-state index contributed by atoms with van der Waals surface area (Å²) in [5, 5.41) is 3.18. The fraction of sp³-hybridized carbons (Fsp3) is 0.633. The minimum atomic E-state index is -2.95. The van der Waals surface area contributed by atoms with E-state index in [4.69, 9.17) is 4.74 Å². The second-order valence-corrected chi connectivity index (χ2v) is 14.4. The number of ketones is 1. The standard InChI is InChI=1S/C30H43N5O6S/c1-32(2)27-25-7-5-4-6-21(25)18-26(28(27)36)29(37)31-22-19-23-8-9-24(20-22)35(23)13-12-34(30(38)41-3)11-10-33-14-16-42(39,40)17-15-33/h4-7,18,22-24,27H,8-17,19-20H2,1-3H3,(H,31,37). The molecule has 0 aromatic heterocycles. The average molecular weight is 602 g/mol. The summed E-state index contributed by atoms with van der Waals surface area (Å²) in [5.74, 6) is -0.156. The molecular formula is C30H43N5O6S. The summed E-state index contributed by atoms with van der Waals surface area (Å²) in [6.07, 6.45) is 5.03. The molecule has 42 heavy (non-hydrogen) atoms. The highest BCUT2D eigenvalue weighted by atomic mass is 32.2. The molecule has 3 unspecified atom stereocenters. The van der Waals surface area contributed by atoms with Crippen LogP contribution in [0.2, 0.25) is 0 Å². The van der Waals surface area contributed by atoms with Gasteiger partial charge >= 0.3 is 6.09 Å². The highest BCUT2D eigenvalue weighted by Crippen LogP contribution is 2.36. The number of hydrogen-bond donors (Lipinski definition) is 1. The number of sulfone groups is 1. The molecule has 3 fully saturated rings. The van der Waals surface area contributed by atoms with Crippen LogP contribution in [0.3, 0.4) is 0 Å². The van der Waals surface area contributed by atoms with Gasteiger partial charge in [-0.2, -0.15) is 0 Å². The largest absolute Gasteiger partial charge is 0.453 e. The van der Waals surface area contributed by atoms with Gasteiger partial charge in [0.1, 0.15) is 0 Å². The van der Waals surface area contributed by atoms with Gasteiger partial charge in [-0.1, -0.05) is 24.3 Å². The molecule has 1 aromatic rings. The third-order valence-corrected chi connectivity index (χ3v) is 10.9. The smallest absolute Gasteiger partial charge is 0.409 e. The van der Waals surface area contributed by atoms with Crippen molar-refractivity contribution < 1.29 is 27.5 Å². The van der Waals surface area contributed by atoms with Gasteiger partial charge in [-0.25, -0.2) is 13.2 Å². The first kappa shape index (κ1) is 30.7. The number of likely N-dealkylation sites (N-methyl/N-ethyl adjacent to an activating group) is 1. The first-order valence-corrected chi connectivity index (χ1v) is 16.7. The molecule has 11 nitrogen and oxygen atoms in total. The maximum atomic E-state index is 13.4. The van der Waals surface area contributed by atoms with Crippen LogP contribution >= 0.6 is 0 Å². The Morgan fingerprint density at radius 2 is 1.67 bits per heavy atom. The molecule has 12 heteroatoms. The number of amides is 2. The van der Waals surface area contributed by atoms with Gasteiger partial charge in [0.25, 0.3) is 5.91 Å². The second-order valence-electron chi connectivity index (χ2n) is 12.1. The van der Waals surface area contributed by atoms with Crippen LogP contribution in [0, 0.1) is 0 Å². The molecule has 1 aromatic carbocycles. The van der Waals surface area contributed by atoms with Gasteiger partial charge in [0.2, 0.25) is 0 Å². The number of nitrogens with zero attached hydrogens (tertiary/aromatic N) is 4. The summed E-state index contributed by atoms with van der Waals surface area (Å²) >= 11 is 0. The SMILES string of the molecule is COC(=O)N(CCN1CCS(=O)(=O)CC1)CCN1C2CCC1CC(NC(=O)C1=Cc3ccccc3C(N(C)C)C1=O)C2. The number of nitrogens with one attached hydrogen (secondary N) is 1. The van der Waals surface area contributed by atoms with Crippen LogP contribution in [-0.2, 0) is 24.2 Å². The van der Waals surface area contributed by atoms with Crippen molar-refractivity contribution in [3.05, 3.63) is 41.0 Å². The number of rotatable bonds is 9. The zero-order valence-corrected chi connectivity index (χ0v) is 25.6. The van der Waals surface area contributed by atoms with E-state index in [1.807, 2.05) is 43.3 Å². The third-order valence-electron chi connectivity index (χ3n) is 9.27. The quantitative estimate of drug-likeness (QED) is 0.416. The van der Waals surface area contributed by atoms with Crippen LogP contribution in [0.1, 0.15) is 42.9 Å². The molecule has 3 atom stereocenters. The van der Waals surface area contributed by atoms with Crippen LogP contribution in [0.4, 0.5) is 4.79 Å². The Balaban J connectivity index is 1.16. The summed E-state index contributed by atoms with van der Waals surface area (Å²) in [6.45, 7) is 3.31. The van der Waals surface area contributed by atoms with E-state index in [9.17, 15) is 22.8 Å². The second kappa shape index (κ2) is 12.8. The van der Waals surface area contributed by atoms with E-state index in [0.717, 1.165) is 36.8 Å². The van der Waals surface area contributed by atoms with Gasteiger partial charge in [0.05, 0.1) is 30.2 Å². The first-order valence-electron chi connectivity index (χ1n) is 14.9. The van der Waals surface area contributed by atoms with Crippen molar-refractivity contribution in [3.8, 4) is 0 Å². The van der Waals surface area contributed by atoms with E-state index in [1.165, 1.54) is 7.11 Å². The number of methoxy groups -OCH3 is 1. The topological polar surface area (TPSA) is 120 Å². The van der Waals surface area contributed by atoms with Gasteiger partial charge in [0.15, 0.2) is 15.6 Å². The summed E-state index contributed by atoms with van der Waals surface area (Å²) in [5.41, 5.74) is 2.03. The molecule has 3 aliphatic heterocycles. The molecule has 4 aliphatic rings.